The lowest BCUT2D eigenvalue weighted by Crippen LogP contribution is -2.12. The van der Waals surface area contributed by atoms with Crippen molar-refractivity contribution in [2.24, 2.45) is 5.73 Å². The van der Waals surface area contributed by atoms with Crippen LogP contribution in [0.1, 0.15) is 17.5 Å². The normalized spacial score (nSPS) is 13.3. The van der Waals surface area contributed by atoms with E-state index in [2.05, 4.69) is 20.9 Å². The molecule has 0 aliphatic carbocycles. The maximum atomic E-state index is 9.67. The lowest BCUT2D eigenvalue weighted by Gasteiger charge is -2.04. The number of nitrogens with zero attached hydrogens (tertiary/aromatic N) is 2. The molecule has 0 saturated carbocycles. The Balaban J connectivity index is 2.70. The zero-order valence-corrected chi connectivity index (χ0v) is 9.90. The highest BCUT2D eigenvalue weighted by Gasteiger charge is 2.16. The van der Waals surface area contributed by atoms with Gasteiger partial charge in [0.15, 0.2) is 0 Å². The molecule has 1 atom stereocenters. The first-order valence-electron chi connectivity index (χ1n) is 4.66. The monoisotopic (exact) mass is 269 g/mol. The quantitative estimate of drug-likeness (QED) is 0.867. The lowest BCUT2D eigenvalue weighted by molar-refractivity contribution is 0.181. The van der Waals surface area contributed by atoms with Crippen LogP contribution in [0.4, 0.5) is 0 Å². The summed E-state index contributed by atoms with van der Waals surface area (Å²) in [6, 6.07) is 5.81. The summed E-state index contributed by atoms with van der Waals surface area (Å²) in [5.74, 6) is 0. The number of aliphatic hydroxyl groups excluding tert-OH is 1. The molecule has 0 saturated heterocycles. The van der Waals surface area contributed by atoms with Crippen molar-refractivity contribution in [1.82, 2.24) is 9.38 Å². The standard InChI is InChI=1S/C10H12BrN3O/c1-6-3-2-4-8-13-9(7(15)5-12)10(11)14(6)8/h2-4,7,15H,5,12H2,1H3. The van der Waals surface area contributed by atoms with Gasteiger partial charge in [-0.1, -0.05) is 6.07 Å². The molecule has 15 heavy (non-hydrogen) atoms. The van der Waals surface area contributed by atoms with E-state index in [9.17, 15) is 5.11 Å². The van der Waals surface area contributed by atoms with Gasteiger partial charge in [0.1, 0.15) is 22.0 Å². The van der Waals surface area contributed by atoms with Gasteiger partial charge in [0.25, 0.3) is 0 Å². The highest BCUT2D eigenvalue weighted by atomic mass is 79.9. The molecular weight excluding hydrogens is 258 g/mol. The minimum atomic E-state index is -0.723. The second-order valence-corrected chi connectivity index (χ2v) is 4.15. The molecule has 2 aromatic heterocycles. The van der Waals surface area contributed by atoms with E-state index in [4.69, 9.17) is 5.73 Å². The number of imidazole rings is 1. The molecule has 0 radical (unpaired) electrons. The highest BCUT2D eigenvalue weighted by molar-refractivity contribution is 9.10. The Kier molecular flexibility index (Phi) is 2.77. The van der Waals surface area contributed by atoms with Crippen LogP contribution in [-0.2, 0) is 0 Å². The van der Waals surface area contributed by atoms with Crippen molar-refractivity contribution in [3.05, 3.63) is 34.2 Å². The first-order valence-corrected chi connectivity index (χ1v) is 5.46. The summed E-state index contributed by atoms with van der Waals surface area (Å²) < 4.78 is 2.71. The molecule has 0 aromatic carbocycles. The number of nitrogens with two attached hydrogens (primary N) is 1. The van der Waals surface area contributed by atoms with Crippen molar-refractivity contribution >= 4 is 21.6 Å². The number of hydrogen-bond donors (Lipinski definition) is 2. The first-order chi connectivity index (χ1) is 7.15. The van der Waals surface area contributed by atoms with Gasteiger partial charge < -0.3 is 10.8 Å². The molecule has 1 unspecified atom stereocenters. The average molecular weight is 270 g/mol. The van der Waals surface area contributed by atoms with Crippen LogP contribution in [0.25, 0.3) is 5.65 Å². The number of pyridine rings is 1. The minimum Gasteiger partial charge on any atom is -0.385 e. The molecule has 2 aromatic rings. The van der Waals surface area contributed by atoms with E-state index < -0.39 is 6.10 Å². The van der Waals surface area contributed by atoms with Crippen LogP contribution >= 0.6 is 15.9 Å². The molecule has 3 N–H and O–H groups in total. The fraction of sp³-hybridized carbons (Fsp3) is 0.300. The Morgan fingerprint density at radius 3 is 2.93 bits per heavy atom. The maximum Gasteiger partial charge on any atom is 0.138 e. The van der Waals surface area contributed by atoms with E-state index in [1.54, 1.807) is 0 Å². The highest BCUT2D eigenvalue weighted by Crippen LogP contribution is 2.25. The van der Waals surface area contributed by atoms with Gasteiger partial charge >= 0.3 is 0 Å². The molecule has 5 heteroatoms. The van der Waals surface area contributed by atoms with Gasteiger partial charge in [0.2, 0.25) is 0 Å². The summed E-state index contributed by atoms with van der Waals surface area (Å²) in [4.78, 5) is 4.33. The van der Waals surface area contributed by atoms with Crippen LogP contribution < -0.4 is 5.73 Å². The van der Waals surface area contributed by atoms with Gasteiger partial charge in [-0.2, -0.15) is 0 Å². The van der Waals surface area contributed by atoms with Gasteiger partial charge in [-0.15, -0.1) is 0 Å². The van der Waals surface area contributed by atoms with Crippen LogP contribution in [0.5, 0.6) is 0 Å². The number of aromatic nitrogens is 2. The molecule has 0 fully saturated rings. The number of aliphatic hydroxyl groups is 1. The van der Waals surface area contributed by atoms with Crippen LogP contribution in [0.15, 0.2) is 22.8 Å². The van der Waals surface area contributed by atoms with E-state index in [0.717, 1.165) is 15.9 Å². The zero-order valence-electron chi connectivity index (χ0n) is 8.31. The Bertz CT molecular complexity index is 495. The summed E-state index contributed by atoms with van der Waals surface area (Å²) in [5, 5.41) is 9.67. The number of halogens is 1. The molecular formula is C10H12BrN3O. The molecule has 0 aliphatic heterocycles. The van der Waals surface area contributed by atoms with Gasteiger partial charge in [0.05, 0.1) is 0 Å². The van der Waals surface area contributed by atoms with E-state index in [0.29, 0.717) is 5.69 Å². The fourth-order valence-electron chi connectivity index (χ4n) is 1.55. The Hall–Kier alpha value is -0.910. The van der Waals surface area contributed by atoms with E-state index in [-0.39, 0.29) is 6.54 Å². The van der Waals surface area contributed by atoms with Crippen molar-refractivity contribution in [3.8, 4) is 0 Å². The van der Waals surface area contributed by atoms with Crippen LogP contribution in [0.3, 0.4) is 0 Å². The predicted octanol–water partition coefficient (Wildman–Crippen LogP) is 1.40. The van der Waals surface area contributed by atoms with E-state index in [1.165, 1.54) is 0 Å². The molecule has 0 aliphatic rings. The largest absolute Gasteiger partial charge is 0.385 e. The van der Waals surface area contributed by atoms with Crippen molar-refractivity contribution < 1.29 is 5.11 Å². The van der Waals surface area contributed by atoms with Crippen molar-refractivity contribution in [3.63, 3.8) is 0 Å². The van der Waals surface area contributed by atoms with Crippen LogP contribution in [-0.4, -0.2) is 21.0 Å². The van der Waals surface area contributed by atoms with Gasteiger partial charge in [-0.3, -0.25) is 4.40 Å². The summed E-state index contributed by atoms with van der Waals surface area (Å²) in [6.45, 7) is 2.15. The van der Waals surface area contributed by atoms with Gasteiger partial charge in [-0.25, -0.2) is 4.98 Å². The lowest BCUT2D eigenvalue weighted by atomic mass is 10.3. The smallest absolute Gasteiger partial charge is 0.138 e. The van der Waals surface area contributed by atoms with Crippen LogP contribution in [0.2, 0.25) is 0 Å². The second kappa shape index (κ2) is 3.92. The van der Waals surface area contributed by atoms with Crippen LogP contribution in [0, 0.1) is 6.92 Å². The maximum absolute atomic E-state index is 9.67. The minimum absolute atomic E-state index is 0.168. The molecule has 0 spiro atoms. The summed E-state index contributed by atoms with van der Waals surface area (Å²) >= 11 is 3.43. The third kappa shape index (κ3) is 1.67. The summed E-state index contributed by atoms with van der Waals surface area (Å²) in [5.41, 5.74) is 7.87. The molecule has 2 heterocycles. The third-order valence-electron chi connectivity index (χ3n) is 2.35. The molecule has 4 nitrogen and oxygen atoms in total. The van der Waals surface area contributed by atoms with E-state index >= 15 is 0 Å². The molecule has 80 valence electrons. The van der Waals surface area contributed by atoms with Crippen molar-refractivity contribution in [1.29, 1.82) is 0 Å². The molecule has 0 amide bonds. The second-order valence-electron chi connectivity index (χ2n) is 3.40. The topological polar surface area (TPSA) is 63.5 Å². The van der Waals surface area contributed by atoms with Gasteiger partial charge in [0, 0.05) is 12.2 Å². The number of aryl methyl sites for hydroxylation is 1. The Morgan fingerprint density at radius 1 is 1.60 bits per heavy atom. The molecule has 0 bridgehead atoms. The zero-order chi connectivity index (χ0) is 11.0. The number of rotatable bonds is 2. The Morgan fingerprint density at radius 2 is 2.33 bits per heavy atom. The fourth-order valence-corrected chi connectivity index (χ4v) is 2.37. The SMILES string of the molecule is Cc1cccc2nc(C(O)CN)c(Br)n12. The third-order valence-corrected chi connectivity index (χ3v) is 3.11. The van der Waals surface area contributed by atoms with Crippen molar-refractivity contribution in [2.75, 3.05) is 6.54 Å². The average Bonchev–Trinajstić information content (AvgIpc) is 2.56. The molecule has 2 rings (SSSR count). The number of hydrogen-bond acceptors (Lipinski definition) is 3. The number of fused-ring (bicyclic) bond motifs is 1. The summed E-state index contributed by atoms with van der Waals surface area (Å²) in [7, 11) is 0. The van der Waals surface area contributed by atoms with E-state index in [1.807, 2.05) is 29.5 Å². The Labute approximate surface area is 95.9 Å². The van der Waals surface area contributed by atoms with Crippen molar-refractivity contribution in [2.45, 2.75) is 13.0 Å². The van der Waals surface area contributed by atoms with Gasteiger partial charge in [-0.05, 0) is 35.0 Å². The predicted molar refractivity (Wildman–Crippen MR) is 61.6 cm³/mol. The summed E-state index contributed by atoms with van der Waals surface area (Å²) in [6.07, 6.45) is -0.723. The first kappa shape index (κ1) is 10.6.